The van der Waals surface area contributed by atoms with Gasteiger partial charge in [-0.1, -0.05) is 20.8 Å². The summed E-state index contributed by atoms with van der Waals surface area (Å²) in [6.07, 6.45) is 1.83. The van der Waals surface area contributed by atoms with Gasteiger partial charge < -0.3 is 18.9 Å². The van der Waals surface area contributed by atoms with E-state index >= 15 is 0 Å². The number of carbonyl (C=O) groups is 1. The maximum Gasteiger partial charge on any atom is 0.270 e. The normalized spacial score (nSPS) is 16.1. The number of aryl methyl sites for hydroxylation is 1. The molecule has 2 aromatic heterocycles. The largest absolute Gasteiger partial charge is 0.339 e. The Labute approximate surface area is 148 Å². The smallest absolute Gasteiger partial charge is 0.270 e. The summed E-state index contributed by atoms with van der Waals surface area (Å²) >= 11 is 0. The molecule has 0 unspecified atom stereocenters. The fourth-order valence-electron chi connectivity index (χ4n) is 3.55. The molecule has 1 fully saturated rings. The summed E-state index contributed by atoms with van der Waals surface area (Å²) in [4.78, 5) is 29.9. The molecule has 25 heavy (non-hydrogen) atoms. The highest BCUT2D eigenvalue weighted by Gasteiger charge is 2.24. The van der Waals surface area contributed by atoms with Crippen molar-refractivity contribution in [2.45, 2.75) is 27.3 Å². The summed E-state index contributed by atoms with van der Waals surface area (Å²) in [5.41, 5.74) is 1.40. The monoisotopic (exact) mass is 344 g/mol. The van der Waals surface area contributed by atoms with E-state index in [9.17, 15) is 9.59 Å². The number of pyridine rings is 1. The SMILES string of the molecule is CCN1CCN(C(=O)c2cc3c(=O)n(CC(C)C)ccc3n2C)CC1. The Hall–Kier alpha value is -2.08. The van der Waals surface area contributed by atoms with Crippen LogP contribution in [0.1, 0.15) is 31.3 Å². The van der Waals surface area contributed by atoms with E-state index < -0.39 is 0 Å². The zero-order chi connectivity index (χ0) is 18.1. The fourth-order valence-corrected chi connectivity index (χ4v) is 3.55. The zero-order valence-corrected chi connectivity index (χ0v) is 15.7. The first-order valence-electron chi connectivity index (χ1n) is 9.12. The van der Waals surface area contributed by atoms with Crippen LogP contribution in [0.15, 0.2) is 23.1 Å². The molecule has 0 radical (unpaired) electrons. The van der Waals surface area contributed by atoms with Crippen LogP contribution in [0.4, 0.5) is 0 Å². The Morgan fingerprint density at radius 3 is 2.48 bits per heavy atom. The maximum atomic E-state index is 12.9. The average Bonchev–Trinajstić information content (AvgIpc) is 2.94. The molecule has 6 nitrogen and oxygen atoms in total. The Morgan fingerprint density at radius 2 is 1.88 bits per heavy atom. The van der Waals surface area contributed by atoms with E-state index in [2.05, 4.69) is 25.7 Å². The van der Waals surface area contributed by atoms with E-state index in [0.29, 0.717) is 23.5 Å². The Bertz CT molecular complexity index is 826. The standard InChI is InChI=1S/C19H28N4O2/c1-5-21-8-10-22(11-9-21)19(25)17-12-15-16(20(17)4)6-7-23(18(15)24)13-14(2)3/h6-7,12,14H,5,8-11,13H2,1-4H3. The molecule has 3 rings (SSSR count). The van der Waals surface area contributed by atoms with Gasteiger partial charge in [0.1, 0.15) is 5.69 Å². The summed E-state index contributed by atoms with van der Waals surface area (Å²) < 4.78 is 3.59. The van der Waals surface area contributed by atoms with E-state index in [-0.39, 0.29) is 11.5 Å². The molecule has 2 aromatic rings. The minimum Gasteiger partial charge on any atom is -0.339 e. The van der Waals surface area contributed by atoms with Crippen molar-refractivity contribution >= 4 is 16.8 Å². The summed E-state index contributed by atoms with van der Waals surface area (Å²) in [5.74, 6) is 0.416. The van der Waals surface area contributed by atoms with Gasteiger partial charge in [-0.25, -0.2) is 0 Å². The van der Waals surface area contributed by atoms with E-state index in [1.807, 2.05) is 28.8 Å². The number of aromatic nitrogens is 2. The Morgan fingerprint density at radius 1 is 1.20 bits per heavy atom. The van der Waals surface area contributed by atoms with Gasteiger partial charge in [0.25, 0.3) is 11.5 Å². The van der Waals surface area contributed by atoms with Gasteiger partial charge in [0.15, 0.2) is 0 Å². The first-order valence-corrected chi connectivity index (χ1v) is 9.12. The summed E-state index contributed by atoms with van der Waals surface area (Å²) in [5, 5.41) is 0.626. The molecule has 0 aromatic carbocycles. The number of piperazine rings is 1. The van der Waals surface area contributed by atoms with Crippen LogP contribution in [0.5, 0.6) is 0 Å². The van der Waals surface area contributed by atoms with E-state index in [1.165, 1.54) is 0 Å². The number of likely N-dealkylation sites (N-methyl/N-ethyl adjacent to an activating group) is 1. The molecule has 0 bridgehead atoms. The van der Waals surface area contributed by atoms with Crippen molar-refractivity contribution < 1.29 is 4.79 Å². The number of carbonyl (C=O) groups excluding carboxylic acids is 1. The topological polar surface area (TPSA) is 50.5 Å². The van der Waals surface area contributed by atoms with Gasteiger partial charge in [-0.15, -0.1) is 0 Å². The Kier molecular flexibility index (Phi) is 4.99. The minimum absolute atomic E-state index is 0.0170. The molecule has 0 saturated carbocycles. The number of fused-ring (bicyclic) bond motifs is 1. The van der Waals surface area contributed by atoms with Crippen LogP contribution in [0.2, 0.25) is 0 Å². The molecule has 0 N–H and O–H groups in total. The predicted octanol–water partition coefficient (Wildman–Crippen LogP) is 1.77. The molecular formula is C19H28N4O2. The van der Waals surface area contributed by atoms with Gasteiger partial charge >= 0.3 is 0 Å². The molecule has 1 amide bonds. The second kappa shape index (κ2) is 7.04. The predicted molar refractivity (Wildman–Crippen MR) is 100 cm³/mol. The molecule has 1 saturated heterocycles. The molecule has 1 aliphatic heterocycles. The summed E-state index contributed by atoms with van der Waals surface area (Å²) in [6.45, 7) is 11.3. The van der Waals surface area contributed by atoms with Gasteiger partial charge in [0, 0.05) is 46.0 Å². The lowest BCUT2D eigenvalue weighted by Crippen LogP contribution is -2.48. The lowest BCUT2D eigenvalue weighted by molar-refractivity contribution is 0.0634. The molecule has 1 aliphatic rings. The van der Waals surface area contributed by atoms with Crippen LogP contribution in [0, 0.1) is 5.92 Å². The van der Waals surface area contributed by atoms with Crippen molar-refractivity contribution in [3.8, 4) is 0 Å². The highest BCUT2D eigenvalue weighted by atomic mass is 16.2. The second-order valence-corrected chi connectivity index (χ2v) is 7.28. The van der Waals surface area contributed by atoms with Crippen LogP contribution in [0.25, 0.3) is 10.9 Å². The van der Waals surface area contributed by atoms with E-state index in [4.69, 9.17) is 0 Å². The van der Waals surface area contributed by atoms with Gasteiger partial charge in [0.2, 0.25) is 0 Å². The number of amides is 1. The van der Waals surface area contributed by atoms with Crippen LogP contribution < -0.4 is 5.56 Å². The second-order valence-electron chi connectivity index (χ2n) is 7.28. The first-order chi connectivity index (χ1) is 11.9. The third kappa shape index (κ3) is 3.35. The van der Waals surface area contributed by atoms with Gasteiger partial charge in [-0.3, -0.25) is 9.59 Å². The van der Waals surface area contributed by atoms with Gasteiger partial charge in [-0.2, -0.15) is 0 Å². The van der Waals surface area contributed by atoms with E-state index in [1.54, 1.807) is 10.6 Å². The van der Waals surface area contributed by atoms with Crippen LogP contribution in [-0.2, 0) is 13.6 Å². The molecule has 0 aliphatic carbocycles. The Balaban J connectivity index is 1.92. The van der Waals surface area contributed by atoms with Crippen molar-refractivity contribution in [3.05, 3.63) is 34.4 Å². The highest BCUT2D eigenvalue weighted by molar-refractivity contribution is 5.98. The molecule has 6 heteroatoms. The number of hydrogen-bond donors (Lipinski definition) is 0. The average molecular weight is 344 g/mol. The summed E-state index contributed by atoms with van der Waals surface area (Å²) in [7, 11) is 1.87. The third-order valence-corrected chi connectivity index (χ3v) is 5.07. The molecule has 3 heterocycles. The van der Waals surface area contributed by atoms with Crippen LogP contribution in [-0.4, -0.2) is 57.6 Å². The lowest BCUT2D eigenvalue weighted by atomic mass is 10.2. The van der Waals surface area contributed by atoms with Gasteiger partial charge in [0.05, 0.1) is 10.9 Å². The minimum atomic E-state index is -0.0170. The number of hydrogen-bond acceptors (Lipinski definition) is 3. The van der Waals surface area contributed by atoms with Crippen molar-refractivity contribution in [3.63, 3.8) is 0 Å². The first kappa shape index (κ1) is 17.7. The van der Waals surface area contributed by atoms with Gasteiger partial charge in [-0.05, 0) is 24.6 Å². The summed E-state index contributed by atoms with van der Waals surface area (Å²) in [6, 6.07) is 3.70. The third-order valence-electron chi connectivity index (χ3n) is 5.07. The number of rotatable bonds is 4. The maximum absolute atomic E-state index is 12.9. The van der Waals surface area contributed by atoms with E-state index in [0.717, 1.165) is 38.2 Å². The number of nitrogens with zero attached hydrogens (tertiary/aromatic N) is 4. The quantitative estimate of drug-likeness (QED) is 0.849. The molecule has 0 spiro atoms. The zero-order valence-electron chi connectivity index (χ0n) is 15.7. The molecule has 0 atom stereocenters. The van der Waals surface area contributed by atoms with Crippen LogP contribution in [0.3, 0.4) is 0 Å². The van der Waals surface area contributed by atoms with Crippen molar-refractivity contribution in [1.29, 1.82) is 0 Å². The molecular weight excluding hydrogens is 316 g/mol. The molecule has 136 valence electrons. The van der Waals surface area contributed by atoms with Crippen molar-refractivity contribution in [2.75, 3.05) is 32.7 Å². The fraction of sp³-hybridized carbons (Fsp3) is 0.579. The lowest BCUT2D eigenvalue weighted by Gasteiger charge is -2.34. The highest BCUT2D eigenvalue weighted by Crippen LogP contribution is 2.18. The van der Waals surface area contributed by atoms with Crippen molar-refractivity contribution in [2.24, 2.45) is 13.0 Å². The van der Waals surface area contributed by atoms with Crippen molar-refractivity contribution in [1.82, 2.24) is 18.9 Å². The van der Waals surface area contributed by atoms with Crippen LogP contribution >= 0.6 is 0 Å².